The Bertz CT molecular complexity index is 496. The molecule has 0 unspecified atom stereocenters. The number of hydrogen-bond donors (Lipinski definition) is 1. The van der Waals surface area contributed by atoms with Gasteiger partial charge < -0.3 is 9.84 Å². The first-order chi connectivity index (χ1) is 9.19. The summed E-state index contributed by atoms with van der Waals surface area (Å²) in [6, 6.07) is 7.51. The predicted molar refractivity (Wildman–Crippen MR) is 78.6 cm³/mol. The summed E-state index contributed by atoms with van der Waals surface area (Å²) in [5, 5.41) is 7.74. The average Bonchev–Trinajstić information content (AvgIpc) is 2.28. The van der Waals surface area contributed by atoms with Crippen LogP contribution in [-0.2, 0) is 11.3 Å². The van der Waals surface area contributed by atoms with Gasteiger partial charge in [-0.2, -0.15) is 0 Å². The molecule has 0 radical (unpaired) electrons. The van der Waals surface area contributed by atoms with E-state index in [4.69, 9.17) is 9.84 Å². The monoisotopic (exact) mass is 297 g/mol. The zero-order valence-electron chi connectivity index (χ0n) is 12.0. The quantitative estimate of drug-likeness (QED) is 0.834. The van der Waals surface area contributed by atoms with Crippen molar-refractivity contribution in [3.05, 3.63) is 35.4 Å². The van der Waals surface area contributed by atoms with Gasteiger partial charge in [0.05, 0.1) is 18.5 Å². The van der Waals surface area contributed by atoms with Gasteiger partial charge in [0, 0.05) is 0 Å². The normalized spacial score (nSPS) is 11.0. The molecule has 0 aromatic heterocycles. The van der Waals surface area contributed by atoms with E-state index in [1.165, 1.54) is 0 Å². The number of carboxylic acid groups (broad SMARTS) is 1. The van der Waals surface area contributed by atoms with Crippen LogP contribution in [0, 0.1) is 6.92 Å². The molecule has 1 aromatic rings. The minimum absolute atomic E-state index is 0.179. The zero-order chi connectivity index (χ0) is 15.3. The molecule has 0 aliphatic rings. The second kappa shape index (κ2) is 6.65. The van der Waals surface area contributed by atoms with Gasteiger partial charge in [0.15, 0.2) is 0 Å². The molecular weight excluding hydrogens is 278 g/mol. The summed E-state index contributed by atoms with van der Waals surface area (Å²) in [6.45, 7) is 7.30. The van der Waals surface area contributed by atoms with Crippen LogP contribution in [0.25, 0.3) is 0 Å². The third-order valence-electron chi connectivity index (χ3n) is 2.36. The van der Waals surface area contributed by atoms with Crippen LogP contribution in [0.1, 0.15) is 31.9 Å². The SMILES string of the molecule is Cc1ccccc1CN(SC(=O)O)C(=O)OC(C)(C)C. The Kier molecular flexibility index (Phi) is 5.44. The maximum atomic E-state index is 12.0. The summed E-state index contributed by atoms with van der Waals surface area (Å²) in [5.74, 6) is 0. The van der Waals surface area contributed by atoms with Crippen LogP contribution in [0.5, 0.6) is 0 Å². The van der Waals surface area contributed by atoms with E-state index in [9.17, 15) is 9.59 Å². The van der Waals surface area contributed by atoms with Crippen molar-refractivity contribution in [3.8, 4) is 0 Å². The minimum atomic E-state index is -1.15. The highest BCUT2D eigenvalue weighted by molar-refractivity contribution is 8.11. The molecular formula is C14H19NO4S. The average molecular weight is 297 g/mol. The van der Waals surface area contributed by atoms with Crippen LogP contribution in [0.3, 0.4) is 0 Å². The predicted octanol–water partition coefficient (Wildman–Crippen LogP) is 4.06. The standard InChI is InChI=1S/C14H19NO4S/c1-10-7-5-6-8-11(10)9-15(20-13(17)18)12(16)19-14(2,3)4/h5-8H,9H2,1-4H3,(H,17,18). The van der Waals surface area contributed by atoms with Crippen molar-refractivity contribution in [2.24, 2.45) is 0 Å². The molecule has 0 saturated carbocycles. The Morgan fingerprint density at radius 2 is 1.90 bits per heavy atom. The second-order valence-corrected chi connectivity index (χ2v) is 6.27. The number of ether oxygens (including phenoxy) is 1. The fraction of sp³-hybridized carbons (Fsp3) is 0.429. The lowest BCUT2D eigenvalue weighted by atomic mass is 10.1. The van der Waals surface area contributed by atoms with Gasteiger partial charge in [-0.05, 0) is 38.8 Å². The molecule has 1 N–H and O–H groups in total. The molecule has 0 fully saturated rings. The first kappa shape index (κ1) is 16.4. The van der Waals surface area contributed by atoms with E-state index in [1.54, 1.807) is 20.8 Å². The molecule has 5 nitrogen and oxygen atoms in total. The topological polar surface area (TPSA) is 66.8 Å². The number of carbonyl (C=O) groups is 2. The Balaban J connectivity index is 2.87. The third-order valence-corrected chi connectivity index (χ3v) is 3.02. The van der Waals surface area contributed by atoms with E-state index < -0.39 is 17.0 Å². The second-order valence-electron chi connectivity index (χ2n) is 5.30. The van der Waals surface area contributed by atoms with Crippen LogP contribution >= 0.6 is 11.9 Å². The third kappa shape index (κ3) is 5.52. The van der Waals surface area contributed by atoms with Gasteiger partial charge in [-0.1, -0.05) is 24.3 Å². The molecule has 0 bridgehead atoms. The summed E-state index contributed by atoms with van der Waals surface area (Å²) in [6.07, 6.45) is -0.659. The van der Waals surface area contributed by atoms with E-state index in [-0.39, 0.29) is 6.54 Å². The summed E-state index contributed by atoms with van der Waals surface area (Å²) in [5.41, 5.74) is 1.21. The smallest absolute Gasteiger partial charge is 0.421 e. The van der Waals surface area contributed by atoms with E-state index in [2.05, 4.69) is 0 Å². The summed E-state index contributed by atoms with van der Waals surface area (Å²) < 4.78 is 6.32. The zero-order valence-corrected chi connectivity index (χ0v) is 12.9. The van der Waals surface area contributed by atoms with E-state index in [0.717, 1.165) is 15.4 Å². The molecule has 0 atom stereocenters. The van der Waals surface area contributed by atoms with Gasteiger partial charge in [0.25, 0.3) is 0 Å². The summed E-state index contributed by atoms with van der Waals surface area (Å²) in [4.78, 5) is 22.9. The lowest BCUT2D eigenvalue weighted by Crippen LogP contribution is -2.33. The highest BCUT2D eigenvalue weighted by atomic mass is 32.2. The maximum Gasteiger partial charge on any atom is 0.421 e. The molecule has 0 heterocycles. The molecule has 1 aromatic carbocycles. The molecule has 20 heavy (non-hydrogen) atoms. The molecule has 1 amide bonds. The molecule has 0 aliphatic carbocycles. The number of amides is 1. The van der Waals surface area contributed by atoms with Crippen molar-refractivity contribution in [1.82, 2.24) is 4.31 Å². The molecule has 0 spiro atoms. The summed E-state index contributed by atoms with van der Waals surface area (Å²) >= 11 is 0.427. The first-order valence-corrected chi connectivity index (χ1v) is 6.92. The van der Waals surface area contributed by atoms with E-state index in [0.29, 0.717) is 11.9 Å². The lowest BCUT2D eigenvalue weighted by Gasteiger charge is -2.25. The summed E-state index contributed by atoms with van der Waals surface area (Å²) in [7, 11) is 0. The number of nitrogens with zero attached hydrogens (tertiary/aromatic N) is 1. The van der Waals surface area contributed by atoms with Crippen molar-refractivity contribution in [2.75, 3.05) is 0 Å². The highest BCUT2D eigenvalue weighted by Gasteiger charge is 2.25. The fourth-order valence-electron chi connectivity index (χ4n) is 1.48. The molecule has 6 heteroatoms. The highest BCUT2D eigenvalue weighted by Crippen LogP contribution is 2.21. The Hall–Kier alpha value is -1.69. The molecule has 0 saturated heterocycles. The van der Waals surface area contributed by atoms with Crippen molar-refractivity contribution in [2.45, 2.75) is 39.8 Å². The van der Waals surface area contributed by atoms with Gasteiger partial charge in [-0.3, -0.25) is 0 Å². The van der Waals surface area contributed by atoms with Gasteiger partial charge in [-0.25, -0.2) is 13.9 Å². The number of hydrogen-bond acceptors (Lipinski definition) is 4. The van der Waals surface area contributed by atoms with Crippen LogP contribution in [0.15, 0.2) is 24.3 Å². The number of benzene rings is 1. The molecule has 1 rings (SSSR count). The Morgan fingerprint density at radius 1 is 1.30 bits per heavy atom. The molecule has 110 valence electrons. The minimum Gasteiger partial charge on any atom is -0.472 e. The lowest BCUT2D eigenvalue weighted by molar-refractivity contribution is 0.0395. The van der Waals surface area contributed by atoms with Crippen LogP contribution in [-0.4, -0.2) is 26.4 Å². The van der Waals surface area contributed by atoms with E-state index >= 15 is 0 Å². The number of aryl methyl sites for hydroxylation is 1. The van der Waals surface area contributed by atoms with Gasteiger partial charge in [0.2, 0.25) is 0 Å². The maximum absolute atomic E-state index is 12.0. The fourth-order valence-corrected chi connectivity index (χ4v) is 1.99. The van der Waals surface area contributed by atoms with Crippen molar-refractivity contribution in [3.63, 3.8) is 0 Å². The van der Waals surface area contributed by atoms with E-state index in [1.807, 2.05) is 31.2 Å². The number of rotatable bonds is 2. The largest absolute Gasteiger partial charge is 0.472 e. The number of carbonyl (C=O) groups excluding carboxylic acids is 1. The van der Waals surface area contributed by atoms with Crippen molar-refractivity contribution >= 4 is 23.3 Å². The molecule has 0 aliphatic heterocycles. The van der Waals surface area contributed by atoms with Crippen LogP contribution < -0.4 is 0 Å². The van der Waals surface area contributed by atoms with Gasteiger partial charge in [-0.15, -0.1) is 0 Å². The first-order valence-electron chi connectivity index (χ1n) is 6.15. The Morgan fingerprint density at radius 3 is 2.40 bits per heavy atom. The Labute approximate surface area is 123 Å². The van der Waals surface area contributed by atoms with Crippen molar-refractivity contribution in [1.29, 1.82) is 0 Å². The van der Waals surface area contributed by atoms with Gasteiger partial charge >= 0.3 is 11.4 Å². The van der Waals surface area contributed by atoms with Crippen LogP contribution in [0.4, 0.5) is 9.59 Å². The van der Waals surface area contributed by atoms with Gasteiger partial charge in [0.1, 0.15) is 5.60 Å². The van der Waals surface area contributed by atoms with Crippen LogP contribution in [0.2, 0.25) is 0 Å². The van der Waals surface area contributed by atoms with Crippen molar-refractivity contribution < 1.29 is 19.4 Å².